The van der Waals surface area contributed by atoms with Crippen molar-refractivity contribution in [2.45, 2.75) is 64.8 Å². The number of hydrogen-bond acceptors (Lipinski definition) is 3. The van der Waals surface area contributed by atoms with Gasteiger partial charge in [-0.05, 0) is 55.0 Å². The maximum Gasteiger partial charge on any atom is 0.264 e. The number of rotatable bonds is 7. The Balaban J connectivity index is 1.70. The van der Waals surface area contributed by atoms with Gasteiger partial charge in [0.2, 0.25) is 0 Å². The quantitative estimate of drug-likeness (QED) is 0.665. The minimum atomic E-state index is -0.200. The summed E-state index contributed by atoms with van der Waals surface area (Å²) in [4.78, 5) is 27.3. The molecule has 0 heterocycles. The molecule has 2 amide bonds. The van der Waals surface area contributed by atoms with Gasteiger partial charge >= 0.3 is 0 Å². The van der Waals surface area contributed by atoms with Gasteiger partial charge in [-0.15, -0.1) is 0 Å². The minimum Gasteiger partial charge on any atom is -0.483 e. The molecule has 0 aromatic heterocycles. The highest BCUT2D eigenvalue weighted by Gasteiger charge is 2.22. The van der Waals surface area contributed by atoms with E-state index in [0.717, 1.165) is 42.6 Å². The Bertz CT molecular complexity index is 917. The van der Waals surface area contributed by atoms with E-state index in [9.17, 15) is 9.59 Å². The number of nitrogens with one attached hydrogen (secondary N) is 1. The molecule has 5 heteroatoms. The molecule has 0 unspecified atom stereocenters. The largest absolute Gasteiger partial charge is 0.483 e. The van der Waals surface area contributed by atoms with Gasteiger partial charge in [0.15, 0.2) is 6.61 Å². The van der Waals surface area contributed by atoms with E-state index in [1.165, 1.54) is 11.3 Å². The Kier molecular flexibility index (Phi) is 7.72. The minimum absolute atomic E-state index is 0.0851. The zero-order valence-electron chi connectivity index (χ0n) is 19.1. The first kappa shape index (κ1) is 22.9. The second-order valence-electron chi connectivity index (χ2n) is 8.76. The Morgan fingerprint density at radius 1 is 1.10 bits per heavy atom. The van der Waals surface area contributed by atoms with Crippen molar-refractivity contribution < 1.29 is 14.3 Å². The summed E-state index contributed by atoms with van der Waals surface area (Å²) in [5, 5.41) is 3.15. The molecule has 2 aromatic rings. The molecule has 1 saturated carbocycles. The van der Waals surface area contributed by atoms with E-state index in [-0.39, 0.29) is 24.5 Å². The fourth-order valence-corrected chi connectivity index (χ4v) is 4.08. The summed E-state index contributed by atoms with van der Waals surface area (Å²) in [6, 6.07) is 13.5. The Morgan fingerprint density at radius 2 is 1.81 bits per heavy atom. The second-order valence-corrected chi connectivity index (χ2v) is 8.76. The van der Waals surface area contributed by atoms with Gasteiger partial charge in [-0.2, -0.15) is 0 Å². The molecule has 0 aliphatic heterocycles. The first-order chi connectivity index (χ1) is 14.9. The Morgan fingerprint density at radius 3 is 2.52 bits per heavy atom. The first-order valence-electron chi connectivity index (χ1n) is 11.3. The van der Waals surface area contributed by atoms with Crippen LogP contribution < -0.4 is 15.0 Å². The van der Waals surface area contributed by atoms with E-state index in [1.54, 1.807) is 19.2 Å². The lowest BCUT2D eigenvalue weighted by Crippen LogP contribution is -2.38. The van der Waals surface area contributed by atoms with Crippen LogP contribution in [-0.2, 0) is 4.79 Å². The molecular formula is C26H34N2O3. The molecular weight excluding hydrogens is 388 g/mol. The van der Waals surface area contributed by atoms with Crippen LogP contribution in [0.4, 0.5) is 5.69 Å². The molecule has 0 atom stereocenters. The van der Waals surface area contributed by atoms with Crippen LogP contribution in [0.1, 0.15) is 73.4 Å². The standard InChI is InChI=1S/C26H34N2O3/c1-18(2)21-15-14-19(3)16-24(21)31-17-25(29)28(4)23-13-9-8-12-22(23)26(30)27-20-10-6-5-7-11-20/h8-9,12-16,18,20H,5-7,10-11,17H2,1-4H3,(H,27,30). The third-order valence-corrected chi connectivity index (χ3v) is 5.97. The fraction of sp³-hybridized carbons (Fsp3) is 0.462. The average molecular weight is 423 g/mol. The molecule has 1 fully saturated rings. The number of aryl methyl sites for hydroxylation is 1. The smallest absolute Gasteiger partial charge is 0.264 e. The van der Waals surface area contributed by atoms with Crippen LogP contribution in [0, 0.1) is 6.92 Å². The maximum absolute atomic E-state index is 12.9. The number of ether oxygens (including phenoxy) is 1. The van der Waals surface area contributed by atoms with Gasteiger partial charge in [-0.1, -0.05) is 57.4 Å². The van der Waals surface area contributed by atoms with Crippen molar-refractivity contribution in [3.63, 3.8) is 0 Å². The van der Waals surface area contributed by atoms with Crippen LogP contribution in [-0.4, -0.2) is 31.5 Å². The van der Waals surface area contributed by atoms with E-state index in [1.807, 2.05) is 25.1 Å². The van der Waals surface area contributed by atoms with E-state index < -0.39 is 0 Å². The van der Waals surface area contributed by atoms with Crippen LogP contribution in [0.5, 0.6) is 5.75 Å². The lowest BCUT2D eigenvalue weighted by atomic mass is 9.95. The van der Waals surface area contributed by atoms with Crippen molar-refractivity contribution in [3.8, 4) is 5.75 Å². The van der Waals surface area contributed by atoms with Crippen LogP contribution in [0.25, 0.3) is 0 Å². The van der Waals surface area contributed by atoms with E-state index in [0.29, 0.717) is 17.2 Å². The highest BCUT2D eigenvalue weighted by atomic mass is 16.5. The summed E-state index contributed by atoms with van der Waals surface area (Å²) in [7, 11) is 1.69. The zero-order chi connectivity index (χ0) is 22.4. The third kappa shape index (κ3) is 5.87. The molecule has 1 N–H and O–H groups in total. The van der Waals surface area contributed by atoms with Gasteiger partial charge in [0.25, 0.3) is 11.8 Å². The number of amides is 2. The monoisotopic (exact) mass is 422 g/mol. The summed E-state index contributed by atoms with van der Waals surface area (Å²) >= 11 is 0. The number of hydrogen-bond donors (Lipinski definition) is 1. The van der Waals surface area contributed by atoms with Crippen molar-refractivity contribution in [1.82, 2.24) is 5.32 Å². The van der Waals surface area contributed by atoms with E-state index in [2.05, 4.69) is 31.3 Å². The summed E-state index contributed by atoms with van der Waals surface area (Å²) in [5.74, 6) is 0.714. The summed E-state index contributed by atoms with van der Waals surface area (Å²) < 4.78 is 5.91. The summed E-state index contributed by atoms with van der Waals surface area (Å²) in [6.07, 6.45) is 5.58. The first-order valence-corrected chi connectivity index (χ1v) is 11.3. The van der Waals surface area contributed by atoms with Crippen LogP contribution in [0.15, 0.2) is 42.5 Å². The molecule has 0 saturated heterocycles. The van der Waals surface area contributed by atoms with Crippen molar-refractivity contribution in [3.05, 3.63) is 59.2 Å². The number of para-hydroxylation sites is 1. The fourth-order valence-electron chi connectivity index (χ4n) is 4.08. The molecule has 0 spiro atoms. The molecule has 3 rings (SSSR count). The second kappa shape index (κ2) is 10.5. The predicted molar refractivity (Wildman–Crippen MR) is 125 cm³/mol. The SMILES string of the molecule is Cc1ccc(C(C)C)c(OCC(=O)N(C)c2ccccc2C(=O)NC2CCCCC2)c1. The number of anilines is 1. The topological polar surface area (TPSA) is 58.6 Å². The normalized spacial score (nSPS) is 14.4. The molecule has 1 aliphatic carbocycles. The number of carbonyl (C=O) groups is 2. The maximum atomic E-state index is 12.9. The number of benzene rings is 2. The van der Waals surface area contributed by atoms with Gasteiger partial charge in [0.05, 0.1) is 11.3 Å². The molecule has 31 heavy (non-hydrogen) atoms. The highest BCUT2D eigenvalue weighted by molar-refractivity contribution is 6.05. The predicted octanol–water partition coefficient (Wildman–Crippen LogP) is 5.22. The Hall–Kier alpha value is -2.82. The van der Waals surface area contributed by atoms with Gasteiger partial charge in [0, 0.05) is 13.1 Å². The molecule has 2 aromatic carbocycles. The number of likely N-dealkylation sites (N-methyl/N-ethyl adjacent to an activating group) is 1. The third-order valence-electron chi connectivity index (χ3n) is 5.97. The van der Waals surface area contributed by atoms with E-state index in [4.69, 9.17) is 4.74 Å². The van der Waals surface area contributed by atoms with Crippen molar-refractivity contribution in [1.29, 1.82) is 0 Å². The van der Waals surface area contributed by atoms with Gasteiger partial charge in [0.1, 0.15) is 5.75 Å². The average Bonchev–Trinajstić information content (AvgIpc) is 2.77. The van der Waals surface area contributed by atoms with Crippen molar-refractivity contribution in [2.75, 3.05) is 18.6 Å². The molecule has 0 bridgehead atoms. The molecule has 1 aliphatic rings. The van der Waals surface area contributed by atoms with Crippen molar-refractivity contribution >= 4 is 17.5 Å². The van der Waals surface area contributed by atoms with Crippen LogP contribution in [0.2, 0.25) is 0 Å². The summed E-state index contributed by atoms with van der Waals surface area (Å²) in [6.45, 7) is 6.13. The molecule has 0 radical (unpaired) electrons. The number of nitrogens with zero attached hydrogens (tertiary/aromatic N) is 1. The van der Waals surface area contributed by atoms with Crippen LogP contribution >= 0.6 is 0 Å². The molecule has 166 valence electrons. The summed E-state index contributed by atoms with van der Waals surface area (Å²) in [5.41, 5.74) is 3.28. The highest BCUT2D eigenvalue weighted by Crippen LogP contribution is 2.28. The zero-order valence-corrected chi connectivity index (χ0v) is 19.1. The van der Waals surface area contributed by atoms with Gasteiger partial charge < -0.3 is 15.0 Å². The van der Waals surface area contributed by atoms with Crippen LogP contribution in [0.3, 0.4) is 0 Å². The lowest BCUT2D eigenvalue weighted by molar-refractivity contribution is -0.120. The van der Waals surface area contributed by atoms with Gasteiger partial charge in [-0.3, -0.25) is 9.59 Å². The van der Waals surface area contributed by atoms with Gasteiger partial charge in [-0.25, -0.2) is 0 Å². The lowest BCUT2D eigenvalue weighted by Gasteiger charge is -2.25. The van der Waals surface area contributed by atoms with Crippen molar-refractivity contribution in [2.24, 2.45) is 0 Å². The van der Waals surface area contributed by atoms with E-state index >= 15 is 0 Å². The Labute approximate surface area is 185 Å². The molecule has 5 nitrogen and oxygen atoms in total. The number of carbonyl (C=O) groups excluding carboxylic acids is 2.